The van der Waals surface area contributed by atoms with Crippen molar-refractivity contribution in [2.75, 3.05) is 0 Å². The average Bonchev–Trinajstić information content (AvgIpc) is 1.84. The molecule has 0 aromatic carbocycles. The molecular formula is C5H8O6. The third kappa shape index (κ3) is 3.09. The van der Waals surface area contributed by atoms with Crippen molar-refractivity contribution in [2.24, 2.45) is 0 Å². The minimum atomic E-state index is -1.89. The molecule has 0 heterocycles. The molecule has 0 aliphatic rings. The zero-order chi connectivity index (χ0) is 8.31. The second kappa shape index (κ2) is 4.15. The number of carboxylic acids is 2. The van der Waals surface area contributed by atoms with Crippen LogP contribution in [0, 0.1) is 0 Å². The highest BCUT2D eigenvalue weighted by atomic mass is 16.4. The molecule has 64 valence electrons. The summed E-state index contributed by atoms with van der Waals surface area (Å²) in [6.07, 6.45) is 0. The Hall–Kier alpha value is -1.72. The Balaban J connectivity index is 0. The van der Waals surface area contributed by atoms with Crippen LogP contribution in [0.2, 0.25) is 0 Å². The van der Waals surface area contributed by atoms with E-state index in [1.807, 2.05) is 0 Å². The van der Waals surface area contributed by atoms with E-state index in [1.165, 1.54) is 0 Å². The largest absolute Gasteiger partial charge is 0.499 e. The Morgan fingerprint density at radius 3 is 1.00 bits per heavy atom. The van der Waals surface area contributed by atoms with Crippen LogP contribution in [0.4, 0.5) is 0 Å². The van der Waals surface area contributed by atoms with Gasteiger partial charge in [0.2, 0.25) is 0 Å². The molecule has 0 amide bonds. The normalized spacial score (nSPS) is 10.9. The first-order valence-corrected chi connectivity index (χ1v) is 2.05. The molecule has 0 aliphatic carbocycles. The van der Waals surface area contributed by atoms with Gasteiger partial charge in [0.1, 0.15) is 0 Å². The van der Waals surface area contributed by atoms with Crippen molar-refractivity contribution in [1.82, 2.24) is 0 Å². The number of carbonyl (C=O) groups is 2. The molecule has 0 bridgehead atoms. The lowest BCUT2D eigenvalue weighted by Crippen LogP contribution is -2.10. The second-order valence-corrected chi connectivity index (χ2v) is 1.31. The van der Waals surface area contributed by atoms with Gasteiger partial charge in [-0.05, 0) is 0 Å². The van der Waals surface area contributed by atoms with Gasteiger partial charge in [0.05, 0.1) is 0 Å². The maximum atomic E-state index is 9.71. The third-order valence-electron chi connectivity index (χ3n) is 0.629. The first kappa shape index (κ1) is 12.0. The van der Waals surface area contributed by atoms with Crippen LogP contribution in [0.15, 0.2) is 11.5 Å². The summed E-state index contributed by atoms with van der Waals surface area (Å²) >= 11 is 0. The molecule has 6 heteroatoms. The standard InChI is InChI=1S/C4H4O6.CH4/c5-1(3(7)8)2(6)4(9)10;/h5-6H,(H,7,8)(H,9,10);1H4/b2-1+;. The minimum absolute atomic E-state index is 0. The molecular weight excluding hydrogens is 156 g/mol. The van der Waals surface area contributed by atoms with Crippen LogP contribution in [0.1, 0.15) is 7.43 Å². The Morgan fingerprint density at radius 2 is 0.909 bits per heavy atom. The molecule has 0 aliphatic heterocycles. The van der Waals surface area contributed by atoms with E-state index in [9.17, 15) is 9.59 Å². The predicted octanol–water partition coefficient (Wildman–Crippen LogP) is 0.119. The summed E-state index contributed by atoms with van der Waals surface area (Å²) in [7, 11) is 0. The van der Waals surface area contributed by atoms with Gasteiger partial charge < -0.3 is 20.4 Å². The van der Waals surface area contributed by atoms with Gasteiger partial charge in [-0.1, -0.05) is 7.43 Å². The van der Waals surface area contributed by atoms with Crippen molar-refractivity contribution in [3.8, 4) is 0 Å². The van der Waals surface area contributed by atoms with E-state index in [0.29, 0.717) is 0 Å². The number of aliphatic carboxylic acids is 2. The number of aliphatic hydroxyl groups is 2. The first-order valence-electron chi connectivity index (χ1n) is 2.05. The van der Waals surface area contributed by atoms with E-state index >= 15 is 0 Å². The molecule has 0 unspecified atom stereocenters. The van der Waals surface area contributed by atoms with Crippen LogP contribution in [-0.2, 0) is 9.59 Å². The zero-order valence-corrected chi connectivity index (χ0v) is 4.61. The van der Waals surface area contributed by atoms with Gasteiger partial charge >= 0.3 is 11.9 Å². The monoisotopic (exact) mass is 164 g/mol. The van der Waals surface area contributed by atoms with Gasteiger partial charge in [-0.25, -0.2) is 9.59 Å². The number of aliphatic hydroxyl groups excluding tert-OH is 2. The predicted molar refractivity (Wildman–Crippen MR) is 34.3 cm³/mol. The highest BCUT2D eigenvalue weighted by Gasteiger charge is 2.17. The number of carboxylic acid groups (broad SMARTS) is 2. The SMILES string of the molecule is C.O=C(O)/C(O)=C(\O)C(=O)O. The second-order valence-electron chi connectivity index (χ2n) is 1.31. The molecule has 0 aromatic rings. The highest BCUT2D eigenvalue weighted by Crippen LogP contribution is 1.96. The molecule has 0 saturated heterocycles. The summed E-state index contributed by atoms with van der Waals surface area (Å²) in [5.41, 5.74) is 0. The average molecular weight is 164 g/mol. The Labute approximate surface area is 62.0 Å². The molecule has 0 rings (SSSR count). The van der Waals surface area contributed by atoms with E-state index in [2.05, 4.69) is 0 Å². The summed E-state index contributed by atoms with van der Waals surface area (Å²) in [5, 5.41) is 32.2. The van der Waals surface area contributed by atoms with Crippen LogP contribution in [0.5, 0.6) is 0 Å². The molecule has 6 nitrogen and oxygen atoms in total. The van der Waals surface area contributed by atoms with E-state index in [0.717, 1.165) is 0 Å². The van der Waals surface area contributed by atoms with Gasteiger partial charge in [0, 0.05) is 0 Å². The highest BCUT2D eigenvalue weighted by molar-refractivity contribution is 5.94. The van der Waals surface area contributed by atoms with E-state index < -0.39 is 23.5 Å². The molecule has 0 spiro atoms. The molecule has 0 radical (unpaired) electrons. The molecule has 0 saturated carbocycles. The fourth-order valence-electron chi connectivity index (χ4n) is 0.203. The molecule has 11 heavy (non-hydrogen) atoms. The van der Waals surface area contributed by atoms with Crippen LogP contribution < -0.4 is 0 Å². The topological polar surface area (TPSA) is 115 Å². The van der Waals surface area contributed by atoms with Gasteiger partial charge in [-0.2, -0.15) is 0 Å². The maximum absolute atomic E-state index is 9.71. The first-order chi connectivity index (χ1) is 4.46. The Morgan fingerprint density at radius 1 is 0.727 bits per heavy atom. The van der Waals surface area contributed by atoms with Crippen molar-refractivity contribution in [3.63, 3.8) is 0 Å². The fraction of sp³-hybridized carbons (Fsp3) is 0.200. The van der Waals surface area contributed by atoms with Gasteiger partial charge in [-0.3, -0.25) is 0 Å². The third-order valence-corrected chi connectivity index (χ3v) is 0.629. The van der Waals surface area contributed by atoms with Gasteiger partial charge in [0.15, 0.2) is 0 Å². The fourth-order valence-corrected chi connectivity index (χ4v) is 0.203. The van der Waals surface area contributed by atoms with Crippen molar-refractivity contribution in [2.45, 2.75) is 7.43 Å². The quantitative estimate of drug-likeness (QED) is 0.340. The van der Waals surface area contributed by atoms with Crippen LogP contribution >= 0.6 is 0 Å². The van der Waals surface area contributed by atoms with Crippen LogP contribution in [0.25, 0.3) is 0 Å². The Bertz CT molecular complexity index is 181. The summed E-state index contributed by atoms with van der Waals surface area (Å²) in [4.78, 5) is 19.4. The number of hydrogen-bond acceptors (Lipinski definition) is 4. The zero-order valence-electron chi connectivity index (χ0n) is 4.61. The van der Waals surface area contributed by atoms with E-state index in [1.54, 1.807) is 0 Å². The summed E-state index contributed by atoms with van der Waals surface area (Å²) in [5.74, 6) is -6.93. The van der Waals surface area contributed by atoms with Crippen molar-refractivity contribution in [1.29, 1.82) is 0 Å². The van der Waals surface area contributed by atoms with Crippen LogP contribution in [-0.4, -0.2) is 32.4 Å². The van der Waals surface area contributed by atoms with Gasteiger partial charge in [-0.15, -0.1) is 0 Å². The van der Waals surface area contributed by atoms with Gasteiger partial charge in [0.25, 0.3) is 11.5 Å². The van der Waals surface area contributed by atoms with E-state index in [-0.39, 0.29) is 7.43 Å². The van der Waals surface area contributed by atoms with Crippen molar-refractivity contribution < 1.29 is 30.0 Å². The number of rotatable bonds is 2. The smallest absolute Gasteiger partial charge is 0.375 e. The van der Waals surface area contributed by atoms with Crippen molar-refractivity contribution >= 4 is 11.9 Å². The molecule has 0 fully saturated rings. The van der Waals surface area contributed by atoms with Crippen LogP contribution in [0.3, 0.4) is 0 Å². The lowest BCUT2D eigenvalue weighted by molar-refractivity contribution is -0.140. The van der Waals surface area contributed by atoms with Crippen molar-refractivity contribution in [3.05, 3.63) is 11.5 Å². The Kier molecular flexibility index (Phi) is 4.53. The molecule has 0 aromatic heterocycles. The molecule has 4 N–H and O–H groups in total. The maximum Gasteiger partial charge on any atom is 0.375 e. The molecule has 0 atom stereocenters. The lowest BCUT2D eigenvalue weighted by atomic mass is 10.4. The minimum Gasteiger partial charge on any atom is -0.499 e. The number of hydrogen-bond donors (Lipinski definition) is 4. The summed E-state index contributed by atoms with van der Waals surface area (Å²) < 4.78 is 0. The summed E-state index contributed by atoms with van der Waals surface area (Å²) in [6.45, 7) is 0. The van der Waals surface area contributed by atoms with E-state index in [4.69, 9.17) is 20.4 Å². The lowest BCUT2D eigenvalue weighted by Gasteiger charge is -1.92. The summed E-state index contributed by atoms with van der Waals surface area (Å²) in [6, 6.07) is 0.